The summed E-state index contributed by atoms with van der Waals surface area (Å²) in [6, 6.07) is 9.77. The Balaban J connectivity index is 2.01. The van der Waals surface area contributed by atoms with Crippen LogP contribution in [0.4, 0.5) is 11.4 Å². The molecule has 3 nitrogen and oxygen atoms in total. The van der Waals surface area contributed by atoms with Crippen LogP contribution in [0.1, 0.15) is 5.56 Å². The fourth-order valence-corrected chi connectivity index (χ4v) is 2.02. The molecule has 0 fully saturated rings. The normalized spacial score (nSPS) is 9.89. The molecular formula is C13H12BrN3S. The number of nitrogens with one attached hydrogen (secondary N) is 2. The van der Waals surface area contributed by atoms with E-state index in [1.54, 1.807) is 12.4 Å². The lowest BCUT2D eigenvalue weighted by molar-refractivity contribution is 1.33. The van der Waals surface area contributed by atoms with Gasteiger partial charge in [-0.2, -0.15) is 0 Å². The third-order valence-corrected chi connectivity index (χ3v) is 3.41. The first kappa shape index (κ1) is 13.0. The number of hydrogen-bond acceptors (Lipinski definition) is 2. The maximum Gasteiger partial charge on any atom is 0.175 e. The van der Waals surface area contributed by atoms with Crippen molar-refractivity contribution in [1.82, 2.24) is 4.98 Å². The molecule has 18 heavy (non-hydrogen) atoms. The highest BCUT2D eigenvalue weighted by atomic mass is 79.9. The van der Waals surface area contributed by atoms with Crippen molar-refractivity contribution in [2.24, 2.45) is 0 Å². The van der Waals surface area contributed by atoms with Gasteiger partial charge >= 0.3 is 0 Å². The maximum atomic E-state index is 5.23. The Morgan fingerprint density at radius 2 is 2.00 bits per heavy atom. The predicted molar refractivity (Wildman–Crippen MR) is 83.0 cm³/mol. The predicted octanol–water partition coefficient (Wildman–Crippen LogP) is 3.96. The van der Waals surface area contributed by atoms with E-state index in [1.807, 2.05) is 37.3 Å². The summed E-state index contributed by atoms with van der Waals surface area (Å²) < 4.78 is 1.05. The van der Waals surface area contributed by atoms with Crippen LogP contribution >= 0.6 is 28.1 Å². The molecule has 0 unspecified atom stereocenters. The van der Waals surface area contributed by atoms with Crippen LogP contribution in [-0.4, -0.2) is 10.1 Å². The molecule has 0 aliphatic carbocycles. The maximum absolute atomic E-state index is 5.23. The molecule has 0 radical (unpaired) electrons. The van der Waals surface area contributed by atoms with E-state index in [0.717, 1.165) is 15.8 Å². The molecule has 0 aliphatic heterocycles. The molecule has 0 saturated heterocycles. The summed E-state index contributed by atoms with van der Waals surface area (Å²) >= 11 is 8.72. The second-order valence-corrected chi connectivity index (χ2v) is 5.05. The van der Waals surface area contributed by atoms with E-state index in [1.165, 1.54) is 5.56 Å². The third-order valence-electron chi connectivity index (χ3n) is 2.35. The van der Waals surface area contributed by atoms with Gasteiger partial charge in [-0.25, -0.2) is 0 Å². The van der Waals surface area contributed by atoms with Gasteiger partial charge in [-0.1, -0.05) is 22.0 Å². The van der Waals surface area contributed by atoms with E-state index in [0.29, 0.717) is 5.11 Å². The lowest BCUT2D eigenvalue weighted by Crippen LogP contribution is -2.19. The summed E-state index contributed by atoms with van der Waals surface area (Å²) in [5.41, 5.74) is 2.99. The number of halogens is 1. The minimum Gasteiger partial charge on any atom is -0.332 e. The highest BCUT2D eigenvalue weighted by molar-refractivity contribution is 9.10. The number of anilines is 2. The Hall–Kier alpha value is -1.46. The number of pyridine rings is 1. The molecule has 1 heterocycles. The van der Waals surface area contributed by atoms with Gasteiger partial charge in [0, 0.05) is 16.4 Å². The van der Waals surface area contributed by atoms with Crippen LogP contribution in [0.3, 0.4) is 0 Å². The molecule has 2 aromatic rings. The zero-order valence-electron chi connectivity index (χ0n) is 9.77. The van der Waals surface area contributed by atoms with Crippen molar-refractivity contribution in [2.45, 2.75) is 6.92 Å². The van der Waals surface area contributed by atoms with Gasteiger partial charge in [0.05, 0.1) is 11.9 Å². The average Bonchev–Trinajstić information content (AvgIpc) is 2.35. The van der Waals surface area contributed by atoms with Crippen LogP contribution in [0.5, 0.6) is 0 Å². The summed E-state index contributed by atoms with van der Waals surface area (Å²) in [7, 11) is 0. The molecular weight excluding hydrogens is 310 g/mol. The number of thiocarbonyl (C=S) groups is 1. The van der Waals surface area contributed by atoms with E-state index in [4.69, 9.17) is 12.2 Å². The topological polar surface area (TPSA) is 37.0 Å². The summed E-state index contributed by atoms with van der Waals surface area (Å²) in [5, 5.41) is 6.73. The van der Waals surface area contributed by atoms with Crippen molar-refractivity contribution < 1.29 is 0 Å². The molecule has 92 valence electrons. The van der Waals surface area contributed by atoms with Gasteiger partial charge < -0.3 is 10.6 Å². The van der Waals surface area contributed by atoms with Crippen molar-refractivity contribution >= 4 is 44.6 Å². The molecule has 0 atom stereocenters. The third kappa shape index (κ3) is 3.51. The summed E-state index contributed by atoms with van der Waals surface area (Å²) in [6.45, 7) is 2.04. The minimum absolute atomic E-state index is 0.541. The highest BCUT2D eigenvalue weighted by Crippen LogP contribution is 2.20. The van der Waals surface area contributed by atoms with Crippen LogP contribution in [0.15, 0.2) is 47.2 Å². The largest absolute Gasteiger partial charge is 0.332 e. The summed E-state index contributed by atoms with van der Waals surface area (Å²) in [5.74, 6) is 0. The average molecular weight is 322 g/mol. The molecule has 0 aliphatic rings. The summed E-state index contributed by atoms with van der Waals surface area (Å²) in [4.78, 5) is 4.01. The van der Waals surface area contributed by atoms with Gasteiger partial charge in [0.2, 0.25) is 0 Å². The Labute approximate surface area is 120 Å². The first-order valence-electron chi connectivity index (χ1n) is 5.39. The molecule has 0 amide bonds. The monoisotopic (exact) mass is 321 g/mol. The lowest BCUT2D eigenvalue weighted by Gasteiger charge is -2.11. The highest BCUT2D eigenvalue weighted by Gasteiger charge is 2.00. The van der Waals surface area contributed by atoms with E-state index >= 15 is 0 Å². The van der Waals surface area contributed by atoms with Crippen molar-refractivity contribution in [2.75, 3.05) is 10.6 Å². The molecule has 0 saturated carbocycles. The van der Waals surface area contributed by atoms with Crippen LogP contribution < -0.4 is 10.6 Å². The second-order valence-electron chi connectivity index (χ2n) is 3.78. The number of aryl methyl sites for hydroxylation is 1. The zero-order valence-corrected chi connectivity index (χ0v) is 12.2. The van der Waals surface area contributed by atoms with Gasteiger partial charge in [-0.15, -0.1) is 0 Å². The SMILES string of the molecule is Cc1ccc(NC(=S)Nc2cccnc2)cc1Br. The van der Waals surface area contributed by atoms with Crippen molar-refractivity contribution in [3.8, 4) is 0 Å². The van der Waals surface area contributed by atoms with Gasteiger partial charge in [0.25, 0.3) is 0 Å². The van der Waals surface area contributed by atoms with Gasteiger partial charge in [-0.3, -0.25) is 4.98 Å². The van der Waals surface area contributed by atoms with E-state index < -0.39 is 0 Å². The van der Waals surface area contributed by atoms with Gasteiger partial charge in [0.1, 0.15) is 0 Å². The Bertz CT molecular complexity index is 557. The van der Waals surface area contributed by atoms with Gasteiger partial charge in [0.15, 0.2) is 5.11 Å². The quantitative estimate of drug-likeness (QED) is 0.821. The Morgan fingerprint density at radius 1 is 1.22 bits per heavy atom. The fraction of sp³-hybridized carbons (Fsp3) is 0.0769. The minimum atomic E-state index is 0.541. The van der Waals surface area contributed by atoms with Crippen molar-refractivity contribution in [1.29, 1.82) is 0 Å². The van der Waals surface area contributed by atoms with E-state index in [-0.39, 0.29) is 0 Å². The molecule has 1 aromatic heterocycles. The molecule has 2 N–H and O–H groups in total. The molecule has 0 spiro atoms. The Morgan fingerprint density at radius 3 is 2.67 bits per heavy atom. The van der Waals surface area contributed by atoms with Gasteiger partial charge in [-0.05, 0) is 49.0 Å². The molecule has 0 bridgehead atoms. The van der Waals surface area contributed by atoms with E-state index in [2.05, 4.69) is 31.5 Å². The number of benzene rings is 1. The first-order chi connectivity index (χ1) is 8.65. The molecule has 5 heteroatoms. The standard InChI is InChI=1S/C13H12BrN3S/c1-9-4-5-10(7-12(9)14)16-13(18)17-11-3-2-6-15-8-11/h2-8H,1H3,(H2,16,17,18). The van der Waals surface area contributed by atoms with Crippen LogP contribution in [0, 0.1) is 6.92 Å². The molecule has 1 aromatic carbocycles. The zero-order chi connectivity index (χ0) is 13.0. The van der Waals surface area contributed by atoms with Crippen LogP contribution in [0.2, 0.25) is 0 Å². The molecule has 2 rings (SSSR count). The van der Waals surface area contributed by atoms with Crippen molar-refractivity contribution in [3.05, 3.63) is 52.8 Å². The lowest BCUT2D eigenvalue weighted by atomic mass is 10.2. The van der Waals surface area contributed by atoms with E-state index in [9.17, 15) is 0 Å². The number of hydrogen-bond donors (Lipinski definition) is 2. The first-order valence-corrected chi connectivity index (χ1v) is 6.59. The number of aromatic nitrogens is 1. The fourth-order valence-electron chi connectivity index (χ4n) is 1.40. The second kappa shape index (κ2) is 5.93. The summed E-state index contributed by atoms with van der Waals surface area (Å²) in [6.07, 6.45) is 3.44. The smallest absolute Gasteiger partial charge is 0.175 e. The van der Waals surface area contributed by atoms with Crippen LogP contribution in [-0.2, 0) is 0 Å². The Kier molecular flexibility index (Phi) is 4.28. The number of rotatable bonds is 2. The number of nitrogens with zero attached hydrogens (tertiary/aromatic N) is 1. The van der Waals surface area contributed by atoms with Crippen LogP contribution in [0.25, 0.3) is 0 Å². The van der Waals surface area contributed by atoms with Crippen molar-refractivity contribution in [3.63, 3.8) is 0 Å².